The first-order valence-corrected chi connectivity index (χ1v) is 11.5. The quantitative estimate of drug-likeness (QED) is 0.319. The van der Waals surface area contributed by atoms with Gasteiger partial charge in [0.2, 0.25) is 5.76 Å². The smallest absolute Gasteiger partial charge is 0.295 e. The molecule has 4 aromatic rings. The van der Waals surface area contributed by atoms with Crippen LogP contribution in [-0.4, -0.2) is 12.2 Å². The average molecular weight is 496 g/mol. The van der Waals surface area contributed by atoms with Gasteiger partial charge < -0.3 is 4.42 Å². The number of anilines is 1. The number of carbonyl (C=O) groups is 1. The molecule has 2 heterocycles. The van der Waals surface area contributed by atoms with Gasteiger partial charge in [-0.2, -0.15) is 0 Å². The average Bonchev–Trinajstić information content (AvgIpc) is 3.07. The van der Waals surface area contributed by atoms with Crippen LogP contribution in [0.3, 0.4) is 0 Å². The van der Waals surface area contributed by atoms with E-state index in [4.69, 9.17) is 4.42 Å². The number of rotatable bonds is 3. The molecule has 0 fully saturated rings. The maximum absolute atomic E-state index is 13.9. The van der Waals surface area contributed by atoms with Crippen molar-refractivity contribution in [2.45, 2.75) is 10.9 Å². The van der Waals surface area contributed by atoms with Gasteiger partial charge in [-0.15, -0.1) is 11.8 Å². The van der Waals surface area contributed by atoms with Crippen LogP contribution in [0.25, 0.3) is 11.0 Å². The van der Waals surface area contributed by atoms with E-state index in [1.807, 2.05) is 42.7 Å². The Balaban J connectivity index is 1.79. The lowest BCUT2D eigenvalue weighted by Crippen LogP contribution is -2.29. The van der Waals surface area contributed by atoms with Gasteiger partial charge in [-0.3, -0.25) is 14.5 Å². The van der Waals surface area contributed by atoms with Gasteiger partial charge in [0.05, 0.1) is 17.0 Å². The molecule has 0 saturated carbocycles. The van der Waals surface area contributed by atoms with E-state index < -0.39 is 23.2 Å². The van der Waals surface area contributed by atoms with Crippen LogP contribution in [0.1, 0.15) is 27.7 Å². The Kier molecular flexibility index (Phi) is 4.95. The van der Waals surface area contributed by atoms with Crippen molar-refractivity contribution in [2.24, 2.45) is 0 Å². The van der Waals surface area contributed by atoms with E-state index in [1.165, 1.54) is 12.1 Å². The number of amides is 1. The second-order valence-corrected chi connectivity index (χ2v) is 8.94. The van der Waals surface area contributed by atoms with E-state index in [9.17, 15) is 14.0 Å². The summed E-state index contributed by atoms with van der Waals surface area (Å²) in [5.41, 5.74) is 1.42. The number of thioether (sulfide) groups is 1. The zero-order valence-corrected chi connectivity index (χ0v) is 18.7. The first-order valence-electron chi connectivity index (χ1n) is 9.47. The van der Waals surface area contributed by atoms with Gasteiger partial charge in [-0.1, -0.05) is 28.1 Å². The molecule has 0 N–H and O–H groups in total. The van der Waals surface area contributed by atoms with Crippen molar-refractivity contribution in [3.63, 3.8) is 0 Å². The molecule has 1 atom stereocenters. The normalized spacial score (nSPS) is 15.5. The van der Waals surface area contributed by atoms with Crippen molar-refractivity contribution >= 4 is 50.3 Å². The number of nitrogens with zero attached hydrogens (tertiary/aromatic N) is 1. The first-order chi connectivity index (χ1) is 15.0. The molecule has 0 spiro atoms. The minimum absolute atomic E-state index is 0.00836. The van der Waals surface area contributed by atoms with Crippen LogP contribution in [0, 0.1) is 5.82 Å². The summed E-state index contributed by atoms with van der Waals surface area (Å²) in [6.07, 6.45) is 1.98. The van der Waals surface area contributed by atoms with Crippen molar-refractivity contribution in [1.82, 2.24) is 0 Å². The highest BCUT2D eigenvalue weighted by Gasteiger charge is 2.43. The monoisotopic (exact) mass is 495 g/mol. The highest BCUT2D eigenvalue weighted by molar-refractivity contribution is 9.10. The summed E-state index contributed by atoms with van der Waals surface area (Å²) in [4.78, 5) is 29.5. The number of benzene rings is 3. The molecule has 4 nitrogen and oxygen atoms in total. The molecule has 0 bridgehead atoms. The second kappa shape index (κ2) is 7.66. The van der Waals surface area contributed by atoms with Crippen LogP contribution in [0.4, 0.5) is 10.1 Å². The first kappa shape index (κ1) is 20.0. The van der Waals surface area contributed by atoms with Crippen LogP contribution in [0.15, 0.2) is 85.3 Å². The number of carbonyl (C=O) groups excluding carboxylic acids is 1. The second-order valence-electron chi connectivity index (χ2n) is 7.14. The summed E-state index contributed by atoms with van der Waals surface area (Å²) in [6, 6.07) is 18.1. The molecule has 1 amide bonds. The number of halogens is 2. The third kappa shape index (κ3) is 3.28. The molecule has 7 heteroatoms. The molecular weight excluding hydrogens is 481 g/mol. The van der Waals surface area contributed by atoms with Gasteiger partial charge in [0.1, 0.15) is 11.4 Å². The van der Waals surface area contributed by atoms with Crippen LogP contribution in [-0.2, 0) is 0 Å². The molecular formula is C24H15BrFNO3S. The van der Waals surface area contributed by atoms with E-state index in [-0.39, 0.29) is 22.3 Å². The Morgan fingerprint density at radius 3 is 2.39 bits per heavy atom. The minimum Gasteiger partial charge on any atom is -0.450 e. The van der Waals surface area contributed by atoms with Crippen molar-refractivity contribution < 1.29 is 13.6 Å². The Morgan fingerprint density at radius 1 is 1.00 bits per heavy atom. The number of hydrogen-bond acceptors (Lipinski definition) is 4. The molecule has 3 aromatic carbocycles. The van der Waals surface area contributed by atoms with Gasteiger partial charge in [-0.05, 0) is 66.4 Å². The lowest BCUT2D eigenvalue weighted by Gasteiger charge is -2.25. The van der Waals surface area contributed by atoms with Gasteiger partial charge >= 0.3 is 0 Å². The van der Waals surface area contributed by atoms with Crippen molar-refractivity contribution in [3.05, 3.63) is 104 Å². The van der Waals surface area contributed by atoms with Gasteiger partial charge in [0, 0.05) is 15.1 Å². The van der Waals surface area contributed by atoms with Crippen molar-refractivity contribution in [3.8, 4) is 0 Å². The van der Waals surface area contributed by atoms with Crippen molar-refractivity contribution in [2.75, 3.05) is 11.2 Å². The Hall–Kier alpha value is -2.90. The fourth-order valence-corrected chi connectivity index (χ4v) is 4.59. The van der Waals surface area contributed by atoms with Crippen LogP contribution >= 0.6 is 27.7 Å². The zero-order valence-electron chi connectivity index (χ0n) is 16.3. The van der Waals surface area contributed by atoms with Crippen LogP contribution < -0.4 is 10.3 Å². The molecule has 31 heavy (non-hydrogen) atoms. The third-order valence-electron chi connectivity index (χ3n) is 5.37. The minimum atomic E-state index is -0.677. The molecule has 0 radical (unpaired) electrons. The molecule has 1 aliphatic rings. The van der Waals surface area contributed by atoms with E-state index >= 15 is 0 Å². The van der Waals surface area contributed by atoms with E-state index in [2.05, 4.69) is 15.9 Å². The summed E-state index contributed by atoms with van der Waals surface area (Å²) in [7, 11) is 0. The van der Waals surface area contributed by atoms with Gasteiger partial charge in [0.15, 0.2) is 5.43 Å². The van der Waals surface area contributed by atoms with Crippen LogP contribution in [0.2, 0.25) is 0 Å². The lowest BCUT2D eigenvalue weighted by molar-refractivity contribution is 0.0971. The maximum Gasteiger partial charge on any atom is 0.295 e. The fourth-order valence-electron chi connectivity index (χ4n) is 3.91. The Bertz CT molecular complexity index is 1380. The SMILES string of the molecule is CSc1ccc(C2c3c(oc4ccc(F)cc4c3=O)C(=O)N2c2ccc(Br)cc2)cc1. The Labute approximate surface area is 189 Å². The summed E-state index contributed by atoms with van der Waals surface area (Å²) in [6.45, 7) is 0. The zero-order chi connectivity index (χ0) is 21.7. The molecule has 0 aliphatic carbocycles. The summed E-state index contributed by atoms with van der Waals surface area (Å²) in [5, 5.41) is 0.120. The standard InChI is InChI=1S/C24H15BrFNO3S/c1-31-17-9-2-13(3-10-17)21-20-22(28)18-12-15(26)6-11-19(18)30-23(20)24(29)27(21)16-7-4-14(25)5-8-16/h2-12,21H,1H3. The third-order valence-corrected chi connectivity index (χ3v) is 6.64. The molecule has 154 valence electrons. The van der Waals surface area contributed by atoms with Crippen LogP contribution in [0.5, 0.6) is 0 Å². The van der Waals surface area contributed by atoms with Gasteiger partial charge in [0.25, 0.3) is 5.91 Å². The lowest BCUT2D eigenvalue weighted by atomic mass is 9.98. The summed E-state index contributed by atoms with van der Waals surface area (Å²) < 4.78 is 20.6. The predicted octanol–water partition coefficient (Wildman–Crippen LogP) is 6.17. The molecule has 1 aliphatic heterocycles. The largest absolute Gasteiger partial charge is 0.450 e. The summed E-state index contributed by atoms with van der Waals surface area (Å²) in [5.74, 6) is -0.944. The topological polar surface area (TPSA) is 50.5 Å². The maximum atomic E-state index is 13.9. The highest BCUT2D eigenvalue weighted by Crippen LogP contribution is 2.41. The molecule has 1 aromatic heterocycles. The number of hydrogen-bond donors (Lipinski definition) is 0. The predicted molar refractivity (Wildman–Crippen MR) is 123 cm³/mol. The highest BCUT2D eigenvalue weighted by atomic mass is 79.9. The summed E-state index contributed by atoms with van der Waals surface area (Å²) >= 11 is 5.02. The van der Waals surface area contributed by atoms with E-state index in [1.54, 1.807) is 28.8 Å². The Morgan fingerprint density at radius 2 is 1.71 bits per heavy atom. The van der Waals surface area contributed by atoms with E-state index in [0.29, 0.717) is 5.69 Å². The molecule has 1 unspecified atom stereocenters. The van der Waals surface area contributed by atoms with Gasteiger partial charge in [-0.25, -0.2) is 4.39 Å². The number of fused-ring (bicyclic) bond motifs is 2. The fraction of sp³-hybridized carbons (Fsp3) is 0.0833. The van der Waals surface area contributed by atoms with Crippen molar-refractivity contribution in [1.29, 1.82) is 0 Å². The molecule has 5 rings (SSSR count). The molecule has 0 saturated heterocycles. The van der Waals surface area contributed by atoms with E-state index in [0.717, 1.165) is 21.0 Å².